The van der Waals surface area contributed by atoms with Crippen LogP contribution in [0.15, 0.2) is 18.3 Å². The highest BCUT2D eigenvalue weighted by atomic mass is 16.4. The van der Waals surface area contributed by atoms with Crippen LogP contribution in [0.1, 0.15) is 30.3 Å². The van der Waals surface area contributed by atoms with Crippen molar-refractivity contribution in [3.63, 3.8) is 0 Å². The average molecular weight is 276 g/mol. The summed E-state index contributed by atoms with van der Waals surface area (Å²) < 4.78 is 1.45. The minimum Gasteiger partial charge on any atom is -0.476 e. The molecule has 0 spiro atoms. The summed E-state index contributed by atoms with van der Waals surface area (Å²) in [5.41, 5.74) is -0.110. The van der Waals surface area contributed by atoms with Gasteiger partial charge in [-0.2, -0.15) is 5.10 Å². The molecule has 3 heterocycles. The van der Waals surface area contributed by atoms with Crippen LogP contribution in [0, 0.1) is 0 Å². The van der Waals surface area contributed by atoms with Crippen LogP contribution in [0.4, 0.5) is 5.82 Å². The smallest absolute Gasteiger partial charge is 0.356 e. The SMILES string of the molecule is CC1(O)CCN(c2ccn3nc(C(=O)O)cc3n2)CC1. The van der Waals surface area contributed by atoms with Crippen LogP contribution in [-0.4, -0.2) is 49.5 Å². The normalized spacial score (nSPS) is 18.4. The van der Waals surface area contributed by atoms with Crippen LogP contribution < -0.4 is 4.90 Å². The monoisotopic (exact) mass is 276 g/mol. The number of aromatic carboxylic acids is 1. The molecular formula is C13H16N4O3. The van der Waals surface area contributed by atoms with E-state index >= 15 is 0 Å². The Balaban J connectivity index is 1.87. The van der Waals surface area contributed by atoms with Crippen molar-refractivity contribution in [2.45, 2.75) is 25.4 Å². The number of carboxylic acids is 1. The molecule has 1 saturated heterocycles. The maximum atomic E-state index is 10.9. The molecular weight excluding hydrogens is 260 g/mol. The first-order valence-electron chi connectivity index (χ1n) is 6.52. The summed E-state index contributed by atoms with van der Waals surface area (Å²) >= 11 is 0. The number of fused-ring (bicyclic) bond motifs is 1. The number of piperidine rings is 1. The lowest BCUT2D eigenvalue weighted by Crippen LogP contribution is -2.42. The second-order valence-electron chi connectivity index (χ2n) is 5.41. The first-order chi connectivity index (χ1) is 9.44. The van der Waals surface area contributed by atoms with Gasteiger partial charge in [0.2, 0.25) is 0 Å². The number of carbonyl (C=O) groups is 1. The molecule has 0 atom stereocenters. The zero-order valence-corrected chi connectivity index (χ0v) is 11.2. The summed E-state index contributed by atoms with van der Waals surface area (Å²) in [6, 6.07) is 3.26. The minimum absolute atomic E-state index is 0.0174. The van der Waals surface area contributed by atoms with Crippen molar-refractivity contribution in [3.8, 4) is 0 Å². The number of aromatic nitrogens is 3. The summed E-state index contributed by atoms with van der Waals surface area (Å²) in [7, 11) is 0. The lowest BCUT2D eigenvalue weighted by Gasteiger charge is -2.36. The third-order valence-corrected chi connectivity index (χ3v) is 3.69. The second-order valence-corrected chi connectivity index (χ2v) is 5.41. The van der Waals surface area contributed by atoms with Crippen molar-refractivity contribution >= 4 is 17.4 Å². The van der Waals surface area contributed by atoms with Crippen molar-refractivity contribution in [1.29, 1.82) is 0 Å². The Hall–Kier alpha value is -2.15. The minimum atomic E-state index is -1.06. The standard InChI is InChI=1S/C13H16N4O3/c1-13(20)3-6-16(7-4-13)10-2-5-17-11(14-10)8-9(15-17)12(18)19/h2,5,8,20H,3-4,6-7H2,1H3,(H,18,19). The quantitative estimate of drug-likeness (QED) is 0.842. The average Bonchev–Trinajstić information content (AvgIpc) is 2.81. The predicted molar refractivity (Wildman–Crippen MR) is 72.0 cm³/mol. The van der Waals surface area contributed by atoms with E-state index in [4.69, 9.17) is 5.11 Å². The molecule has 0 saturated carbocycles. The van der Waals surface area contributed by atoms with Crippen LogP contribution in [0.5, 0.6) is 0 Å². The van der Waals surface area contributed by atoms with E-state index < -0.39 is 11.6 Å². The first-order valence-corrected chi connectivity index (χ1v) is 6.52. The van der Waals surface area contributed by atoms with Gasteiger partial charge in [0.05, 0.1) is 5.60 Å². The topological polar surface area (TPSA) is 91.0 Å². The van der Waals surface area contributed by atoms with Crippen LogP contribution >= 0.6 is 0 Å². The van der Waals surface area contributed by atoms with Crippen molar-refractivity contribution < 1.29 is 15.0 Å². The Labute approximate surface area is 115 Å². The number of carboxylic acid groups (broad SMARTS) is 1. The number of aliphatic hydroxyl groups is 1. The van der Waals surface area contributed by atoms with Gasteiger partial charge in [-0.25, -0.2) is 14.3 Å². The maximum absolute atomic E-state index is 10.9. The highest BCUT2D eigenvalue weighted by molar-refractivity contribution is 5.86. The maximum Gasteiger partial charge on any atom is 0.356 e. The van der Waals surface area contributed by atoms with E-state index in [1.807, 2.05) is 13.0 Å². The van der Waals surface area contributed by atoms with Crippen LogP contribution in [0.25, 0.3) is 5.65 Å². The van der Waals surface area contributed by atoms with E-state index in [1.165, 1.54) is 10.6 Å². The summed E-state index contributed by atoms with van der Waals surface area (Å²) in [4.78, 5) is 17.4. The zero-order valence-electron chi connectivity index (χ0n) is 11.2. The van der Waals surface area contributed by atoms with Gasteiger partial charge in [0.25, 0.3) is 0 Å². The van der Waals surface area contributed by atoms with Gasteiger partial charge in [-0.3, -0.25) is 0 Å². The van der Waals surface area contributed by atoms with Crippen molar-refractivity contribution in [1.82, 2.24) is 14.6 Å². The number of hydrogen-bond acceptors (Lipinski definition) is 5. The summed E-state index contributed by atoms with van der Waals surface area (Å²) in [5, 5.41) is 22.8. The fourth-order valence-electron chi connectivity index (χ4n) is 2.37. The molecule has 2 aromatic rings. The fourth-order valence-corrected chi connectivity index (χ4v) is 2.37. The van der Waals surface area contributed by atoms with Gasteiger partial charge >= 0.3 is 5.97 Å². The molecule has 106 valence electrons. The van der Waals surface area contributed by atoms with Gasteiger partial charge in [0.15, 0.2) is 11.3 Å². The van der Waals surface area contributed by atoms with E-state index in [0.29, 0.717) is 18.5 Å². The fraction of sp³-hybridized carbons (Fsp3) is 0.462. The van der Waals surface area contributed by atoms with Gasteiger partial charge in [0, 0.05) is 25.4 Å². The van der Waals surface area contributed by atoms with Gasteiger partial charge in [-0.05, 0) is 25.8 Å². The molecule has 0 unspecified atom stereocenters. The molecule has 0 aliphatic carbocycles. The lowest BCUT2D eigenvalue weighted by molar-refractivity contribution is 0.0350. The highest BCUT2D eigenvalue weighted by Gasteiger charge is 2.28. The van der Waals surface area contributed by atoms with Crippen molar-refractivity contribution in [3.05, 3.63) is 24.0 Å². The van der Waals surface area contributed by atoms with Crippen LogP contribution in [-0.2, 0) is 0 Å². The number of nitrogens with zero attached hydrogens (tertiary/aromatic N) is 4. The molecule has 0 aromatic carbocycles. The molecule has 1 fully saturated rings. The molecule has 1 aliphatic heterocycles. The van der Waals surface area contributed by atoms with Gasteiger partial charge in [0.1, 0.15) is 5.82 Å². The van der Waals surface area contributed by atoms with E-state index in [9.17, 15) is 9.90 Å². The largest absolute Gasteiger partial charge is 0.476 e. The van der Waals surface area contributed by atoms with Gasteiger partial charge in [-0.1, -0.05) is 0 Å². The molecule has 0 amide bonds. The third-order valence-electron chi connectivity index (χ3n) is 3.69. The molecule has 1 aliphatic rings. The van der Waals surface area contributed by atoms with E-state index in [0.717, 1.165) is 18.9 Å². The zero-order chi connectivity index (χ0) is 14.3. The molecule has 2 N–H and O–H groups in total. The van der Waals surface area contributed by atoms with Gasteiger partial charge in [-0.15, -0.1) is 0 Å². The molecule has 0 radical (unpaired) electrons. The van der Waals surface area contributed by atoms with E-state index in [1.54, 1.807) is 6.20 Å². The van der Waals surface area contributed by atoms with Crippen LogP contribution in [0.2, 0.25) is 0 Å². The number of hydrogen-bond donors (Lipinski definition) is 2. The Morgan fingerprint density at radius 2 is 2.10 bits per heavy atom. The Morgan fingerprint density at radius 1 is 1.40 bits per heavy atom. The highest BCUT2D eigenvalue weighted by Crippen LogP contribution is 2.24. The van der Waals surface area contributed by atoms with Crippen molar-refractivity contribution in [2.24, 2.45) is 0 Å². The van der Waals surface area contributed by atoms with Crippen LogP contribution in [0.3, 0.4) is 0 Å². The Kier molecular flexibility index (Phi) is 2.86. The molecule has 2 aromatic heterocycles. The molecule has 7 nitrogen and oxygen atoms in total. The second kappa shape index (κ2) is 4.45. The number of rotatable bonds is 2. The van der Waals surface area contributed by atoms with Crippen molar-refractivity contribution in [2.75, 3.05) is 18.0 Å². The Bertz CT molecular complexity index is 655. The molecule has 20 heavy (non-hydrogen) atoms. The first kappa shape index (κ1) is 12.9. The molecule has 7 heteroatoms. The summed E-state index contributed by atoms with van der Waals surface area (Å²) in [5.74, 6) is -0.282. The Morgan fingerprint density at radius 3 is 2.75 bits per heavy atom. The molecule has 0 bridgehead atoms. The van der Waals surface area contributed by atoms with E-state index in [-0.39, 0.29) is 5.69 Å². The number of anilines is 1. The van der Waals surface area contributed by atoms with E-state index in [2.05, 4.69) is 15.0 Å². The van der Waals surface area contributed by atoms with Gasteiger partial charge < -0.3 is 15.1 Å². The summed E-state index contributed by atoms with van der Waals surface area (Å²) in [6.07, 6.45) is 3.09. The third kappa shape index (κ3) is 2.32. The summed E-state index contributed by atoms with van der Waals surface area (Å²) in [6.45, 7) is 3.31. The molecule has 3 rings (SSSR count). The lowest BCUT2D eigenvalue weighted by atomic mass is 9.94. The predicted octanol–water partition coefficient (Wildman–Crippen LogP) is 0.779.